The van der Waals surface area contributed by atoms with Crippen LogP contribution in [0, 0.1) is 0 Å². The highest BCUT2D eigenvalue weighted by Gasteiger charge is 2.03. The average Bonchev–Trinajstić information content (AvgIpc) is 2.04. The van der Waals surface area contributed by atoms with Crippen LogP contribution in [0.1, 0.15) is 13.3 Å². The SMILES string of the molecule is CCC(O)COCC(O)CN. The van der Waals surface area contributed by atoms with Gasteiger partial charge in [-0.1, -0.05) is 6.92 Å². The molecule has 0 aromatic rings. The summed E-state index contributed by atoms with van der Waals surface area (Å²) in [7, 11) is 0. The van der Waals surface area contributed by atoms with Gasteiger partial charge in [-0.25, -0.2) is 0 Å². The number of nitrogens with two attached hydrogens (primary N) is 1. The van der Waals surface area contributed by atoms with Crippen LogP contribution in [0.2, 0.25) is 0 Å². The van der Waals surface area contributed by atoms with Gasteiger partial charge in [0.1, 0.15) is 0 Å². The van der Waals surface area contributed by atoms with E-state index in [1.54, 1.807) is 0 Å². The molecule has 0 aliphatic rings. The molecule has 4 N–H and O–H groups in total. The first-order valence-electron chi connectivity index (χ1n) is 3.84. The minimum Gasteiger partial charge on any atom is -0.391 e. The monoisotopic (exact) mass is 163 g/mol. The number of ether oxygens (including phenoxy) is 1. The Morgan fingerprint density at radius 1 is 1.27 bits per heavy atom. The van der Waals surface area contributed by atoms with E-state index in [1.165, 1.54) is 0 Å². The summed E-state index contributed by atoms with van der Waals surface area (Å²) in [5.41, 5.74) is 5.13. The van der Waals surface area contributed by atoms with Crippen molar-refractivity contribution in [2.24, 2.45) is 5.73 Å². The van der Waals surface area contributed by atoms with Crippen LogP contribution >= 0.6 is 0 Å². The van der Waals surface area contributed by atoms with E-state index >= 15 is 0 Å². The van der Waals surface area contributed by atoms with Crippen LogP contribution < -0.4 is 5.73 Å². The first kappa shape index (κ1) is 10.8. The second-order valence-electron chi connectivity index (χ2n) is 2.49. The number of rotatable bonds is 6. The van der Waals surface area contributed by atoms with Crippen molar-refractivity contribution in [1.82, 2.24) is 0 Å². The summed E-state index contributed by atoms with van der Waals surface area (Å²) in [6.07, 6.45) is -0.377. The third kappa shape index (κ3) is 6.25. The largest absolute Gasteiger partial charge is 0.391 e. The molecule has 0 rings (SSSR count). The highest BCUT2D eigenvalue weighted by atomic mass is 16.5. The van der Waals surface area contributed by atoms with Crippen LogP contribution in [-0.4, -0.2) is 42.2 Å². The number of aliphatic hydroxyl groups is 2. The molecule has 0 bridgehead atoms. The maximum Gasteiger partial charge on any atom is 0.0895 e. The average molecular weight is 163 g/mol. The fourth-order valence-corrected chi connectivity index (χ4v) is 0.526. The summed E-state index contributed by atoms with van der Waals surface area (Å²) in [5, 5.41) is 17.9. The molecular formula is C7H17NO3. The first-order valence-corrected chi connectivity index (χ1v) is 3.84. The Balaban J connectivity index is 3.13. The second kappa shape index (κ2) is 6.54. The van der Waals surface area contributed by atoms with E-state index < -0.39 is 12.2 Å². The zero-order valence-corrected chi connectivity index (χ0v) is 6.86. The minimum atomic E-state index is -0.612. The first-order chi connectivity index (χ1) is 5.20. The van der Waals surface area contributed by atoms with Crippen LogP contribution in [-0.2, 0) is 4.74 Å². The second-order valence-corrected chi connectivity index (χ2v) is 2.49. The van der Waals surface area contributed by atoms with Crippen LogP contribution in [0.15, 0.2) is 0 Å². The quantitative estimate of drug-likeness (QED) is 0.474. The van der Waals surface area contributed by atoms with Gasteiger partial charge in [0, 0.05) is 6.54 Å². The van der Waals surface area contributed by atoms with Gasteiger partial charge in [0.05, 0.1) is 25.4 Å². The lowest BCUT2D eigenvalue weighted by Gasteiger charge is -2.11. The molecule has 0 radical (unpaired) electrons. The summed E-state index contributed by atoms with van der Waals surface area (Å²) in [6.45, 7) is 2.54. The lowest BCUT2D eigenvalue weighted by Crippen LogP contribution is -2.27. The molecule has 0 saturated heterocycles. The molecule has 0 saturated carbocycles. The Bertz CT molecular complexity index is 79.8. The van der Waals surface area contributed by atoms with E-state index in [4.69, 9.17) is 20.7 Å². The molecule has 2 atom stereocenters. The Morgan fingerprint density at radius 2 is 1.82 bits per heavy atom. The van der Waals surface area contributed by atoms with Gasteiger partial charge >= 0.3 is 0 Å². The topological polar surface area (TPSA) is 75.7 Å². The van der Waals surface area contributed by atoms with Gasteiger partial charge in [-0.15, -0.1) is 0 Å². The molecular weight excluding hydrogens is 146 g/mol. The van der Waals surface area contributed by atoms with Gasteiger partial charge < -0.3 is 20.7 Å². The minimum absolute atomic E-state index is 0.197. The Hall–Kier alpha value is -0.160. The Morgan fingerprint density at radius 3 is 2.27 bits per heavy atom. The van der Waals surface area contributed by atoms with Crippen LogP contribution in [0.3, 0.4) is 0 Å². The molecule has 0 amide bonds. The van der Waals surface area contributed by atoms with Crippen LogP contribution in [0.5, 0.6) is 0 Å². The molecule has 0 aromatic heterocycles. The van der Waals surface area contributed by atoms with Crippen molar-refractivity contribution in [3.05, 3.63) is 0 Å². The van der Waals surface area contributed by atoms with Crippen molar-refractivity contribution in [3.8, 4) is 0 Å². The maximum absolute atomic E-state index is 9.01. The van der Waals surface area contributed by atoms with E-state index in [2.05, 4.69) is 0 Å². The molecule has 0 aliphatic carbocycles. The van der Waals surface area contributed by atoms with Gasteiger partial charge in [0.25, 0.3) is 0 Å². The summed E-state index contributed by atoms with van der Waals surface area (Å²) in [5.74, 6) is 0. The Labute approximate surface area is 67.0 Å². The predicted molar refractivity (Wildman–Crippen MR) is 42.2 cm³/mol. The van der Waals surface area contributed by atoms with Crippen LogP contribution in [0.4, 0.5) is 0 Å². The van der Waals surface area contributed by atoms with Crippen LogP contribution in [0.25, 0.3) is 0 Å². The smallest absolute Gasteiger partial charge is 0.0895 e. The van der Waals surface area contributed by atoms with Gasteiger partial charge in [-0.05, 0) is 6.42 Å². The van der Waals surface area contributed by atoms with Crippen molar-refractivity contribution in [2.75, 3.05) is 19.8 Å². The molecule has 4 nitrogen and oxygen atoms in total. The zero-order valence-electron chi connectivity index (χ0n) is 6.86. The van der Waals surface area contributed by atoms with E-state index in [9.17, 15) is 0 Å². The molecule has 0 heterocycles. The van der Waals surface area contributed by atoms with Crippen molar-refractivity contribution in [1.29, 1.82) is 0 Å². The van der Waals surface area contributed by atoms with E-state index in [-0.39, 0.29) is 19.8 Å². The highest BCUT2D eigenvalue weighted by Crippen LogP contribution is 1.91. The molecule has 4 heteroatoms. The van der Waals surface area contributed by atoms with E-state index in [0.29, 0.717) is 6.42 Å². The van der Waals surface area contributed by atoms with Gasteiger partial charge in [-0.2, -0.15) is 0 Å². The highest BCUT2D eigenvalue weighted by molar-refractivity contribution is 4.54. The standard InChI is InChI=1S/C7H17NO3/c1-2-6(9)4-11-5-7(10)3-8/h6-7,9-10H,2-5,8H2,1H3. The maximum atomic E-state index is 9.01. The van der Waals surface area contributed by atoms with Crippen molar-refractivity contribution in [2.45, 2.75) is 25.6 Å². The lowest BCUT2D eigenvalue weighted by atomic mass is 10.3. The van der Waals surface area contributed by atoms with E-state index in [1.807, 2.05) is 6.92 Å². The Kier molecular flexibility index (Phi) is 6.45. The molecule has 2 unspecified atom stereocenters. The van der Waals surface area contributed by atoms with E-state index in [0.717, 1.165) is 0 Å². The molecule has 0 spiro atoms. The van der Waals surface area contributed by atoms with Crippen molar-refractivity contribution >= 4 is 0 Å². The molecule has 0 aliphatic heterocycles. The summed E-state index contributed by atoms with van der Waals surface area (Å²) in [6, 6.07) is 0. The predicted octanol–water partition coefficient (Wildman–Crippen LogP) is -0.906. The molecule has 68 valence electrons. The fourth-order valence-electron chi connectivity index (χ4n) is 0.526. The number of aliphatic hydroxyl groups excluding tert-OH is 2. The fraction of sp³-hybridized carbons (Fsp3) is 1.00. The zero-order chi connectivity index (χ0) is 8.69. The van der Waals surface area contributed by atoms with Gasteiger partial charge in [0.2, 0.25) is 0 Å². The molecule has 11 heavy (non-hydrogen) atoms. The molecule has 0 fully saturated rings. The third-order valence-corrected chi connectivity index (χ3v) is 1.36. The number of hydrogen-bond acceptors (Lipinski definition) is 4. The normalized spacial score (nSPS) is 16.4. The molecule has 0 aromatic carbocycles. The summed E-state index contributed by atoms with van der Waals surface area (Å²) < 4.78 is 4.96. The number of hydrogen-bond donors (Lipinski definition) is 3. The lowest BCUT2D eigenvalue weighted by molar-refractivity contribution is -0.00544. The van der Waals surface area contributed by atoms with Crippen molar-refractivity contribution < 1.29 is 14.9 Å². The van der Waals surface area contributed by atoms with Gasteiger partial charge in [0.15, 0.2) is 0 Å². The summed E-state index contributed by atoms with van der Waals surface area (Å²) in [4.78, 5) is 0. The van der Waals surface area contributed by atoms with Crippen molar-refractivity contribution in [3.63, 3.8) is 0 Å². The van der Waals surface area contributed by atoms with Gasteiger partial charge in [-0.3, -0.25) is 0 Å². The third-order valence-electron chi connectivity index (χ3n) is 1.36. The summed E-state index contributed by atoms with van der Waals surface area (Å²) >= 11 is 0.